The second kappa shape index (κ2) is 6.96. The number of benzene rings is 1. The molecular formula is C22H17ClN6O. The van der Waals surface area contributed by atoms with Crippen molar-refractivity contribution in [2.45, 2.75) is 12.6 Å². The van der Waals surface area contributed by atoms with Crippen LogP contribution < -0.4 is 11.1 Å². The van der Waals surface area contributed by atoms with Crippen molar-refractivity contribution in [2.24, 2.45) is 0 Å². The van der Waals surface area contributed by atoms with Crippen LogP contribution in [0, 0.1) is 0 Å². The fourth-order valence-electron chi connectivity index (χ4n) is 4.06. The number of nitrogens with two attached hydrogens (primary N) is 1. The van der Waals surface area contributed by atoms with Gasteiger partial charge in [0.15, 0.2) is 0 Å². The number of amides is 1. The second-order valence-corrected chi connectivity index (χ2v) is 7.34. The van der Waals surface area contributed by atoms with Crippen LogP contribution in [0.25, 0.3) is 38.6 Å². The van der Waals surface area contributed by atoms with E-state index in [1.54, 1.807) is 0 Å². The highest BCUT2D eigenvalue weighted by Crippen LogP contribution is 2.44. The van der Waals surface area contributed by atoms with Gasteiger partial charge in [0, 0.05) is 40.9 Å². The number of aromatic nitrogens is 4. The number of pyridine rings is 1. The maximum Gasteiger partial charge on any atom is 0.245 e. The zero-order chi connectivity index (χ0) is 20.8. The van der Waals surface area contributed by atoms with Gasteiger partial charge in [0.25, 0.3) is 0 Å². The summed E-state index contributed by atoms with van der Waals surface area (Å²) in [6.45, 7) is 4.75. The average molecular weight is 417 g/mol. The van der Waals surface area contributed by atoms with E-state index in [0.717, 1.165) is 38.7 Å². The van der Waals surface area contributed by atoms with Crippen LogP contribution in [-0.2, 0) is 11.3 Å². The van der Waals surface area contributed by atoms with Gasteiger partial charge in [0.05, 0.1) is 22.6 Å². The minimum Gasteiger partial charge on any atom is -0.383 e. The molecule has 0 radical (unpaired) electrons. The monoisotopic (exact) mass is 416 g/mol. The third-order valence-electron chi connectivity index (χ3n) is 5.37. The van der Waals surface area contributed by atoms with Crippen LogP contribution in [0.5, 0.6) is 0 Å². The number of anilines is 1. The number of halogens is 1. The van der Waals surface area contributed by atoms with Crippen LogP contribution in [0.2, 0.25) is 0 Å². The van der Waals surface area contributed by atoms with E-state index in [4.69, 9.17) is 17.3 Å². The molecule has 0 bridgehead atoms. The SMILES string of the molecule is C=C1c2c(-c3cnc4ccccc4c3)c3c(N)ncnc3n2CC1NC(=O)C=CCl. The number of rotatable bonds is 3. The lowest BCUT2D eigenvalue weighted by Crippen LogP contribution is -2.34. The molecule has 5 rings (SSSR count). The normalized spacial score (nSPS) is 15.9. The van der Waals surface area contributed by atoms with Gasteiger partial charge in [0.1, 0.15) is 17.8 Å². The lowest BCUT2D eigenvalue weighted by atomic mass is 9.98. The van der Waals surface area contributed by atoms with Crippen molar-refractivity contribution in [3.8, 4) is 11.1 Å². The highest BCUT2D eigenvalue weighted by molar-refractivity contribution is 6.26. The molecule has 0 aliphatic carbocycles. The van der Waals surface area contributed by atoms with E-state index in [1.807, 2.05) is 35.0 Å². The third kappa shape index (κ3) is 2.74. The van der Waals surface area contributed by atoms with Gasteiger partial charge in [-0.2, -0.15) is 0 Å². The number of hydrogen-bond donors (Lipinski definition) is 2. The summed E-state index contributed by atoms with van der Waals surface area (Å²) >= 11 is 5.53. The minimum atomic E-state index is -0.284. The number of nitrogens with one attached hydrogen (secondary N) is 1. The molecule has 1 aliphatic rings. The van der Waals surface area contributed by atoms with Crippen LogP contribution >= 0.6 is 11.6 Å². The molecule has 0 spiro atoms. The molecule has 8 heteroatoms. The molecule has 30 heavy (non-hydrogen) atoms. The van der Waals surface area contributed by atoms with Gasteiger partial charge in [0.2, 0.25) is 5.91 Å². The second-order valence-electron chi connectivity index (χ2n) is 7.09. The van der Waals surface area contributed by atoms with Gasteiger partial charge in [-0.15, -0.1) is 0 Å². The van der Waals surface area contributed by atoms with E-state index >= 15 is 0 Å². The lowest BCUT2D eigenvalue weighted by molar-refractivity contribution is -0.116. The van der Waals surface area contributed by atoms with E-state index in [-0.39, 0.29) is 11.9 Å². The average Bonchev–Trinajstić information content (AvgIpc) is 3.23. The summed E-state index contributed by atoms with van der Waals surface area (Å²) in [6.07, 6.45) is 4.53. The van der Waals surface area contributed by atoms with Crippen LogP contribution in [0.15, 0.2) is 61.0 Å². The van der Waals surface area contributed by atoms with Crippen LogP contribution in [0.1, 0.15) is 5.69 Å². The summed E-state index contributed by atoms with van der Waals surface area (Å²) in [7, 11) is 0. The lowest BCUT2D eigenvalue weighted by Gasteiger charge is -2.13. The first kappa shape index (κ1) is 18.3. The molecule has 3 N–H and O–H groups in total. The Morgan fingerprint density at radius 3 is 2.97 bits per heavy atom. The van der Waals surface area contributed by atoms with Crippen molar-refractivity contribution in [1.29, 1.82) is 0 Å². The number of fused-ring (bicyclic) bond motifs is 4. The van der Waals surface area contributed by atoms with Crippen molar-refractivity contribution in [2.75, 3.05) is 5.73 Å². The maximum atomic E-state index is 12.0. The smallest absolute Gasteiger partial charge is 0.245 e. The molecule has 4 heterocycles. The van der Waals surface area contributed by atoms with Gasteiger partial charge in [-0.05, 0) is 17.7 Å². The van der Waals surface area contributed by atoms with Gasteiger partial charge in [-0.3, -0.25) is 9.78 Å². The summed E-state index contributed by atoms with van der Waals surface area (Å²) in [5.74, 6) is 0.109. The summed E-state index contributed by atoms with van der Waals surface area (Å²) in [6, 6.07) is 9.70. The third-order valence-corrected chi connectivity index (χ3v) is 5.49. The zero-order valence-electron chi connectivity index (χ0n) is 15.8. The number of nitrogen functional groups attached to an aromatic ring is 1. The van der Waals surface area contributed by atoms with Crippen molar-refractivity contribution >= 4 is 50.8 Å². The predicted octanol–water partition coefficient (Wildman–Crippen LogP) is 3.49. The van der Waals surface area contributed by atoms with Gasteiger partial charge in [-0.25, -0.2) is 9.97 Å². The van der Waals surface area contributed by atoms with Crippen molar-refractivity contribution in [3.05, 3.63) is 66.7 Å². The van der Waals surface area contributed by atoms with Crippen molar-refractivity contribution < 1.29 is 4.79 Å². The predicted molar refractivity (Wildman–Crippen MR) is 119 cm³/mol. The summed E-state index contributed by atoms with van der Waals surface area (Å²) in [4.78, 5) is 25.3. The first-order valence-electron chi connectivity index (χ1n) is 9.32. The largest absolute Gasteiger partial charge is 0.383 e. The topological polar surface area (TPSA) is 98.7 Å². The zero-order valence-corrected chi connectivity index (χ0v) is 16.6. The van der Waals surface area contributed by atoms with Crippen molar-refractivity contribution in [3.63, 3.8) is 0 Å². The highest BCUT2D eigenvalue weighted by Gasteiger charge is 2.34. The summed E-state index contributed by atoms with van der Waals surface area (Å²) < 4.78 is 2.02. The Morgan fingerprint density at radius 2 is 2.13 bits per heavy atom. The molecule has 0 saturated heterocycles. The number of nitrogens with zero attached hydrogens (tertiary/aromatic N) is 4. The van der Waals surface area contributed by atoms with E-state index < -0.39 is 0 Å². The molecule has 3 aromatic heterocycles. The molecule has 0 saturated carbocycles. The first-order valence-corrected chi connectivity index (χ1v) is 9.76. The standard InChI is InChI=1S/C22H17ClN6O/c1-12-16(28-17(30)6-7-23)10-29-20(12)18(19-21(24)26-11-27-22(19)29)14-8-13-4-2-3-5-15(13)25-9-14/h2-9,11,16H,1,10H2,(H,28,30)(H2,24,26,27). The number of carbonyl (C=O) groups excluding carboxylic acids is 1. The Balaban J connectivity index is 1.72. The first-order chi connectivity index (χ1) is 14.6. The van der Waals surface area contributed by atoms with Gasteiger partial charge >= 0.3 is 0 Å². The molecule has 148 valence electrons. The number of para-hydroxylation sites is 1. The Labute approximate surface area is 176 Å². The Kier molecular flexibility index (Phi) is 4.25. The number of hydrogen-bond acceptors (Lipinski definition) is 5. The minimum absolute atomic E-state index is 0.283. The quantitative estimate of drug-likeness (QED) is 0.498. The number of carbonyl (C=O) groups is 1. The molecule has 0 fully saturated rings. The Hall–Kier alpha value is -3.71. The molecular weight excluding hydrogens is 400 g/mol. The maximum absolute atomic E-state index is 12.0. The fraction of sp³-hybridized carbons (Fsp3) is 0.0909. The van der Waals surface area contributed by atoms with Crippen LogP contribution in [0.3, 0.4) is 0 Å². The molecule has 1 atom stereocenters. The summed E-state index contributed by atoms with van der Waals surface area (Å²) in [5, 5.41) is 4.70. The van der Waals surface area contributed by atoms with E-state index in [2.05, 4.69) is 32.9 Å². The van der Waals surface area contributed by atoms with E-state index in [0.29, 0.717) is 18.0 Å². The Bertz CT molecular complexity index is 1370. The summed E-state index contributed by atoms with van der Waals surface area (Å²) in [5.41, 5.74) is 12.5. The molecule has 1 aromatic carbocycles. The van der Waals surface area contributed by atoms with Gasteiger partial charge < -0.3 is 15.6 Å². The Morgan fingerprint density at radius 1 is 1.30 bits per heavy atom. The molecule has 7 nitrogen and oxygen atoms in total. The highest BCUT2D eigenvalue weighted by atomic mass is 35.5. The molecule has 1 amide bonds. The molecule has 1 unspecified atom stereocenters. The van der Waals surface area contributed by atoms with E-state index in [9.17, 15) is 4.79 Å². The van der Waals surface area contributed by atoms with Gasteiger partial charge in [-0.1, -0.05) is 36.4 Å². The van der Waals surface area contributed by atoms with Crippen LogP contribution in [-0.4, -0.2) is 31.5 Å². The fourth-order valence-corrected chi connectivity index (χ4v) is 4.18. The molecule has 4 aromatic rings. The van der Waals surface area contributed by atoms with Crippen LogP contribution in [0.4, 0.5) is 5.82 Å². The molecule has 1 aliphatic heterocycles. The van der Waals surface area contributed by atoms with E-state index in [1.165, 1.54) is 17.9 Å². The van der Waals surface area contributed by atoms with Crippen molar-refractivity contribution in [1.82, 2.24) is 24.8 Å².